The molecule has 1 heterocycles. The Balaban J connectivity index is 2.44. The molecule has 0 saturated carbocycles. The molecule has 1 fully saturated rings. The Morgan fingerprint density at radius 2 is 2.06 bits per heavy atom. The lowest BCUT2D eigenvalue weighted by Crippen LogP contribution is -2.27. The van der Waals surface area contributed by atoms with Crippen molar-refractivity contribution in [3.63, 3.8) is 0 Å². The maximum absolute atomic E-state index is 5.84. The molecule has 0 aliphatic carbocycles. The van der Waals surface area contributed by atoms with Gasteiger partial charge < -0.3 is 14.2 Å². The van der Waals surface area contributed by atoms with E-state index in [1.54, 1.807) is 7.11 Å². The van der Waals surface area contributed by atoms with Crippen molar-refractivity contribution in [2.75, 3.05) is 20.3 Å². The number of rotatable bonds is 4. The van der Waals surface area contributed by atoms with Gasteiger partial charge in [0, 0.05) is 10.9 Å². The molecule has 3 nitrogen and oxygen atoms in total. The van der Waals surface area contributed by atoms with Crippen LogP contribution >= 0.6 is 15.9 Å². The van der Waals surface area contributed by atoms with E-state index in [-0.39, 0.29) is 0 Å². The summed E-state index contributed by atoms with van der Waals surface area (Å²) in [6, 6.07) is 5.90. The van der Waals surface area contributed by atoms with Crippen molar-refractivity contribution in [3.05, 3.63) is 28.2 Å². The first kappa shape index (κ1) is 12.9. The van der Waals surface area contributed by atoms with Crippen molar-refractivity contribution < 1.29 is 14.2 Å². The Morgan fingerprint density at radius 1 is 1.35 bits per heavy atom. The lowest BCUT2D eigenvalue weighted by Gasteiger charge is -2.29. The molecule has 0 N–H and O–H groups in total. The summed E-state index contributed by atoms with van der Waals surface area (Å²) in [5.41, 5.74) is 0.966. The normalized spacial score (nSPS) is 18.3. The zero-order valence-electron chi connectivity index (χ0n) is 10.2. The number of methoxy groups -OCH3 is 1. The second kappa shape index (κ2) is 5.38. The first-order chi connectivity index (χ1) is 8.22. The second-order valence-corrected chi connectivity index (χ2v) is 4.96. The van der Waals surface area contributed by atoms with Crippen molar-refractivity contribution in [2.45, 2.75) is 25.6 Å². The van der Waals surface area contributed by atoms with Crippen molar-refractivity contribution in [2.24, 2.45) is 0 Å². The zero-order valence-corrected chi connectivity index (χ0v) is 11.7. The van der Waals surface area contributed by atoms with E-state index in [9.17, 15) is 0 Å². The minimum absolute atomic E-state index is 0.635. The maximum atomic E-state index is 5.84. The van der Waals surface area contributed by atoms with Crippen LogP contribution in [0.2, 0.25) is 0 Å². The molecule has 94 valence electrons. The van der Waals surface area contributed by atoms with Gasteiger partial charge in [0.25, 0.3) is 0 Å². The lowest BCUT2D eigenvalue weighted by molar-refractivity contribution is -0.171. The predicted molar refractivity (Wildman–Crippen MR) is 69.2 cm³/mol. The van der Waals surface area contributed by atoms with Gasteiger partial charge in [0.05, 0.1) is 25.9 Å². The van der Waals surface area contributed by atoms with Gasteiger partial charge in [-0.05, 0) is 18.2 Å². The molecule has 0 unspecified atom stereocenters. The number of benzene rings is 1. The Hall–Kier alpha value is -0.580. The van der Waals surface area contributed by atoms with Crippen molar-refractivity contribution >= 4 is 15.9 Å². The SMILES string of the molecule is CCCC1(c2cc(Br)ccc2OC)OCCO1. The van der Waals surface area contributed by atoms with Crippen molar-refractivity contribution in [1.82, 2.24) is 0 Å². The molecule has 1 aromatic rings. The van der Waals surface area contributed by atoms with E-state index in [1.807, 2.05) is 18.2 Å². The van der Waals surface area contributed by atoms with Crippen LogP contribution in [-0.4, -0.2) is 20.3 Å². The molecule has 17 heavy (non-hydrogen) atoms. The van der Waals surface area contributed by atoms with Gasteiger partial charge in [-0.25, -0.2) is 0 Å². The molecular formula is C13H17BrO3. The monoisotopic (exact) mass is 300 g/mol. The predicted octanol–water partition coefficient (Wildman–Crippen LogP) is 3.46. The van der Waals surface area contributed by atoms with Gasteiger partial charge in [-0.15, -0.1) is 0 Å². The van der Waals surface area contributed by atoms with Crippen LogP contribution in [0.1, 0.15) is 25.3 Å². The third-order valence-electron chi connectivity index (χ3n) is 2.90. The molecular weight excluding hydrogens is 284 g/mol. The maximum Gasteiger partial charge on any atom is 0.198 e. The Bertz CT molecular complexity index is 386. The van der Waals surface area contributed by atoms with Crippen LogP contribution in [0.5, 0.6) is 5.75 Å². The average Bonchev–Trinajstić information content (AvgIpc) is 2.79. The van der Waals surface area contributed by atoms with Crippen LogP contribution in [0.3, 0.4) is 0 Å². The quantitative estimate of drug-likeness (QED) is 0.852. The van der Waals surface area contributed by atoms with Crippen LogP contribution in [0.15, 0.2) is 22.7 Å². The summed E-state index contributed by atoms with van der Waals surface area (Å²) < 4.78 is 18.1. The van der Waals surface area contributed by atoms with Gasteiger partial charge in [-0.2, -0.15) is 0 Å². The number of ether oxygens (including phenoxy) is 3. The van der Waals surface area contributed by atoms with E-state index in [0.717, 1.165) is 28.6 Å². The summed E-state index contributed by atoms with van der Waals surface area (Å²) in [6.07, 6.45) is 1.83. The Kier molecular flexibility index (Phi) is 4.07. The average molecular weight is 301 g/mol. The molecule has 0 radical (unpaired) electrons. The standard InChI is InChI=1S/C13H17BrO3/c1-3-6-13(16-7-8-17-13)11-9-10(14)4-5-12(11)15-2/h4-5,9H,3,6-8H2,1-2H3. The summed E-state index contributed by atoms with van der Waals surface area (Å²) in [5, 5.41) is 0. The van der Waals surface area contributed by atoms with Gasteiger partial charge in [-0.1, -0.05) is 29.3 Å². The summed E-state index contributed by atoms with van der Waals surface area (Å²) in [4.78, 5) is 0. The molecule has 0 aromatic heterocycles. The number of hydrogen-bond acceptors (Lipinski definition) is 3. The van der Waals surface area contributed by atoms with Gasteiger partial charge in [0.1, 0.15) is 5.75 Å². The molecule has 1 aliphatic rings. The minimum atomic E-state index is -0.635. The first-order valence-electron chi connectivity index (χ1n) is 5.84. The summed E-state index contributed by atoms with van der Waals surface area (Å²) in [6.45, 7) is 3.39. The lowest BCUT2D eigenvalue weighted by atomic mass is 10.00. The van der Waals surface area contributed by atoms with Gasteiger partial charge >= 0.3 is 0 Å². The van der Waals surface area contributed by atoms with E-state index >= 15 is 0 Å². The fraction of sp³-hybridized carbons (Fsp3) is 0.538. The number of halogens is 1. The van der Waals surface area contributed by atoms with Gasteiger partial charge in [0.2, 0.25) is 0 Å². The third kappa shape index (κ3) is 2.49. The van der Waals surface area contributed by atoms with E-state index in [1.165, 1.54) is 0 Å². The molecule has 0 bridgehead atoms. The largest absolute Gasteiger partial charge is 0.496 e. The van der Waals surface area contributed by atoms with Crippen molar-refractivity contribution in [1.29, 1.82) is 0 Å². The fourth-order valence-corrected chi connectivity index (χ4v) is 2.56. The highest BCUT2D eigenvalue weighted by atomic mass is 79.9. The smallest absolute Gasteiger partial charge is 0.198 e. The molecule has 0 atom stereocenters. The molecule has 1 aliphatic heterocycles. The first-order valence-corrected chi connectivity index (χ1v) is 6.63. The molecule has 1 saturated heterocycles. The van der Waals surface area contributed by atoms with Gasteiger partial charge in [-0.3, -0.25) is 0 Å². The molecule has 4 heteroatoms. The van der Waals surface area contributed by atoms with E-state index in [2.05, 4.69) is 22.9 Å². The van der Waals surface area contributed by atoms with Crippen LogP contribution in [0, 0.1) is 0 Å². The van der Waals surface area contributed by atoms with E-state index < -0.39 is 5.79 Å². The van der Waals surface area contributed by atoms with E-state index in [4.69, 9.17) is 14.2 Å². The van der Waals surface area contributed by atoms with Gasteiger partial charge in [0.15, 0.2) is 5.79 Å². The van der Waals surface area contributed by atoms with Crippen LogP contribution < -0.4 is 4.74 Å². The van der Waals surface area contributed by atoms with Crippen LogP contribution in [-0.2, 0) is 15.3 Å². The summed E-state index contributed by atoms with van der Waals surface area (Å²) in [7, 11) is 1.67. The molecule has 0 spiro atoms. The third-order valence-corrected chi connectivity index (χ3v) is 3.40. The van der Waals surface area contributed by atoms with Crippen LogP contribution in [0.4, 0.5) is 0 Å². The number of hydrogen-bond donors (Lipinski definition) is 0. The summed E-state index contributed by atoms with van der Waals surface area (Å²) >= 11 is 3.48. The minimum Gasteiger partial charge on any atom is -0.496 e. The van der Waals surface area contributed by atoms with Crippen LogP contribution in [0.25, 0.3) is 0 Å². The van der Waals surface area contributed by atoms with Crippen molar-refractivity contribution in [3.8, 4) is 5.75 Å². The fourth-order valence-electron chi connectivity index (χ4n) is 2.20. The highest BCUT2D eigenvalue weighted by Crippen LogP contribution is 2.41. The summed E-state index contributed by atoms with van der Waals surface area (Å²) in [5.74, 6) is 0.174. The molecule has 2 rings (SSSR count). The topological polar surface area (TPSA) is 27.7 Å². The second-order valence-electron chi connectivity index (χ2n) is 4.04. The molecule has 1 aromatic carbocycles. The van der Waals surface area contributed by atoms with E-state index in [0.29, 0.717) is 13.2 Å². The zero-order chi connectivity index (χ0) is 12.3. The highest BCUT2D eigenvalue weighted by Gasteiger charge is 2.40. The molecule has 0 amide bonds. The Morgan fingerprint density at radius 3 is 2.65 bits per heavy atom. The highest BCUT2D eigenvalue weighted by molar-refractivity contribution is 9.10. The Labute approximate surface area is 110 Å².